The molecule has 1 aromatic rings. The van der Waals surface area contributed by atoms with Gasteiger partial charge < -0.3 is 15.4 Å². The highest BCUT2D eigenvalue weighted by atomic mass is 79.9. The molecule has 7 nitrogen and oxygen atoms in total. The van der Waals surface area contributed by atoms with Crippen LogP contribution in [0, 0.1) is 0 Å². The number of nitrogens with one attached hydrogen (secondary N) is 3. The molecule has 0 spiro atoms. The normalized spacial score (nSPS) is 22.3. The maximum Gasteiger partial charge on any atom is 0.326 e. The van der Waals surface area contributed by atoms with Crippen LogP contribution in [0.15, 0.2) is 16.7 Å². The molecule has 1 aromatic heterocycles. The van der Waals surface area contributed by atoms with Crippen LogP contribution in [-0.4, -0.2) is 58.1 Å². The molecule has 0 fully saturated rings. The van der Waals surface area contributed by atoms with Gasteiger partial charge in [0, 0.05) is 17.1 Å². The summed E-state index contributed by atoms with van der Waals surface area (Å²) in [7, 11) is 1.88. The van der Waals surface area contributed by atoms with Crippen molar-refractivity contribution in [3.05, 3.63) is 22.4 Å². The summed E-state index contributed by atoms with van der Waals surface area (Å²) in [5.41, 5.74) is -0.0325. The third kappa shape index (κ3) is 3.44. The summed E-state index contributed by atoms with van der Waals surface area (Å²) in [6.45, 7) is 2.59. The highest BCUT2D eigenvalue weighted by Crippen LogP contribution is 2.19. The van der Waals surface area contributed by atoms with E-state index >= 15 is 0 Å². The molecule has 0 bridgehead atoms. The highest BCUT2D eigenvalue weighted by Gasteiger charge is 2.40. The summed E-state index contributed by atoms with van der Waals surface area (Å²) in [4.78, 5) is 26.3. The fourth-order valence-corrected chi connectivity index (χ4v) is 2.62. The number of hydrogen-bond acceptors (Lipinski definition) is 3. The van der Waals surface area contributed by atoms with Crippen molar-refractivity contribution >= 4 is 34.1 Å². The van der Waals surface area contributed by atoms with Crippen LogP contribution in [0.25, 0.3) is 0 Å². The van der Waals surface area contributed by atoms with E-state index in [0.29, 0.717) is 18.7 Å². The van der Waals surface area contributed by atoms with Crippen molar-refractivity contribution in [1.82, 2.24) is 15.6 Å². The van der Waals surface area contributed by atoms with Crippen molar-refractivity contribution in [1.29, 1.82) is 0 Å². The molecule has 0 radical (unpaired) electrons. The Morgan fingerprint density at radius 2 is 2.33 bits per heavy atom. The topological polar surface area (TPSA) is 97.2 Å². The number of rotatable bonds is 5. The Morgan fingerprint density at radius 1 is 1.62 bits per heavy atom. The van der Waals surface area contributed by atoms with E-state index < -0.39 is 17.9 Å². The van der Waals surface area contributed by atoms with Gasteiger partial charge in [-0.3, -0.25) is 14.7 Å². The SMILES string of the molecule is C[N+]1=CNC[C@]1(C)CC(NC(=O)c1cc(Br)c[nH]1)C(=O)O. The number of H-pyrrole nitrogens is 1. The summed E-state index contributed by atoms with van der Waals surface area (Å²) in [6.07, 6.45) is 3.73. The summed E-state index contributed by atoms with van der Waals surface area (Å²) in [6, 6.07) is 0.646. The van der Waals surface area contributed by atoms with E-state index in [1.807, 2.05) is 24.9 Å². The van der Waals surface area contributed by atoms with Gasteiger partial charge in [0.2, 0.25) is 6.34 Å². The van der Waals surface area contributed by atoms with Crippen molar-refractivity contribution in [2.24, 2.45) is 0 Å². The first kappa shape index (κ1) is 15.6. The third-order valence-corrected chi connectivity index (χ3v) is 4.22. The van der Waals surface area contributed by atoms with Crippen LogP contribution >= 0.6 is 15.9 Å². The molecule has 2 rings (SSSR count). The number of likely N-dealkylation sites (N-methyl/N-ethyl adjacent to an activating group) is 1. The van der Waals surface area contributed by atoms with Crippen molar-refractivity contribution in [3.63, 3.8) is 0 Å². The highest BCUT2D eigenvalue weighted by molar-refractivity contribution is 9.10. The monoisotopic (exact) mass is 357 g/mol. The van der Waals surface area contributed by atoms with E-state index in [1.165, 1.54) is 0 Å². The minimum absolute atomic E-state index is 0.302. The Hall–Kier alpha value is -1.83. The first-order valence-corrected chi connectivity index (χ1v) is 7.28. The molecule has 0 saturated heterocycles. The van der Waals surface area contributed by atoms with Crippen molar-refractivity contribution in [2.75, 3.05) is 13.6 Å². The second-order valence-corrected chi connectivity index (χ2v) is 6.33. The van der Waals surface area contributed by atoms with Crippen LogP contribution in [0.5, 0.6) is 0 Å². The first-order chi connectivity index (χ1) is 9.82. The van der Waals surface area contributed by atoms with Gasteiger partial charge in [0.05, 0.1) is 7.05 Å². The molecule has 1 unspecified atom stereocenters. The molecule has 114 valence electrons. The fraction of sp³-hybridized carbons (Fsp3) is 0.462. The Balaban J connectivity index is 2.08. The predicted octanol–water partition coefficient (Wildman–Crippen LogP) is 0.383. The predicted molar refractivity (Wildman–Crippen MR) is 80.7 cm³/mol. The van der Waals surface area contributed by atoms with Gasteiger partial charge in [-0.25, -0.2) is 4.79 Å². The van der Waals surface area contributed by atoms with Gasteiger partial charge >= 0.3 is 5.97 Å². The summed E-state index contributed by atoms with van der Waals surface area (Å²) < 4.78 is 2.67. The molecule has 1 amide bonds. The van der Waals surface area contributed by atoms with Gasteiger partial charge in [0.25, 0.3) is 5.91 Å². The molecule has 2 atom stereocenters. The van der Waals surface area contributed by atoms with Gasteiger partial charge in [-0.05, 0) is 28.9 Å². The molecule has 0 aliphatic carbocycles. The number of carboxylic acids is 1. The lowest BCUT2D eigenvalue weighted by molar-refractivity contribution is -0.565. The molecule has 2 heterocycles. The average Bonchev–Trinajstić information content (AvgIpc) is 2.96. The first-order valence-electron chi connectivity index (χ1n) is 6.49. The van der Waals surface area contributed by atoms with Crippen LogP contribution in [0.4, 0.5) is 0 Å². The number of amides is 1. The lowest BCUT2D eigenvalue weighted by atomic mass is 9.93. The molecular formula is C13H18BrN4O3+. The standard InChI is InChI=1S/C13H17BrN4O3/c1-13(6-15-7-18(13)2)4-10(12(20)21)17-11(19)9-3-8(14)5-16-9/h3,5,7,10H,4,6H2,1-2H3,(H3,16,17,19,20,21)/p+1/t10?,13-/m0/s1. The zero-order valence-electron chi connectivity index (χ0n) is 11.8. The molecule has 4 N–H and O–H groups in total. The van der Waals surface area contributed by atoms with Crippen LogP contribution in [0.1, 0.15) is 23.8 Å². The molecular weight excluding hydrogens is 340 g/mol. The van der Waals surface area contributed by atoms with E-state index in [-0.39, 0.29) is 5.54 Å². The Labute approximate surface area is 130 Å². The van der Waals surface area contributed by atoms with E-state index in [4.69, 9.17) is 0 Å². The molecule has 21 heavy (non-hydrogen) atoms. The number of hydrogen-bond donors (Lipinski definition) is 4. The quantitative estimate of drug-likeness (QED) is 0.573. The summed E-state index contributed by atoms with van der Waals surface area (Å²) in [5.74, 6) is -1.48. The number of aromatic nitrogens is 1. The zero-order chi connectivity index (χ0) is 15.6. The van der Waals surface area contributed by atoms with Gasteiger partial charge in [0.1, 0.15) is 23.8 Å². The number of carbonyl (C=O) groups is 2. The third-order valence-electron chi connectivity index (χ3n) is 3.76. The van der Waals surface area contributed by atoms with Gasteiger partial charge in [-0.1, -0.05) is 0 Å². The number of carboxylic acid groups (broad SMARTS) is 1. The molecule has 1 aliphatic heterocycles. The van der Waals surface area contributed by atoms with Crippen LogP contribution in [-0.2, 0) is 4.79 Å². The number of carbonyl (C=O) groups excluding carboxylic acids is 1. The minimum atomic E-state index is -1.05. The average molecular weight is 358 g/mol. The Morgan fingerprint density at radius 3 is 2.81 bits per heavy atom. The molecule has 0 aromatic carbocycles. The largest absolute Gasteiger partial charge is 0.480 e. The minimum Gasteiger partial charge on any atom is -0.480 e. The smallest absolute Gasteiger partial charge is 0.326 e. The maximum absolute atomic E-state index is 12.1. The lowest BCUT2D eigenvalue weighted by Gasteiger charge is -2.25. The Bertz CT molecular complexity index is 598. The zero-order valence-corrected chi connectivity index (χ0v) is 13.4. The van der Waals surface area contributed by atoms with E-state index in [2.05, 4.69) is 31.5 Å². The Kier molecular flexibility index (Phi) is 4.36. The van der Waals surface area contributed by atoms with Gasteiger partial charge in [-0.2, -0.15) is 0 Å². The second kappa shape index (κ2) is 5.88. The van der Waals surface area contributed by atoms with E-state index in [1.54, 1.807) is 12.3 Å². The number of aromatic amines is 1. The number of halogens is 1. The molecule has 1 aliphatic rings. The van der Waals surface area contributed by atoms with Crippen LogP contribution < -0.4 is 10.6 Å². The van der Waals surface area contributed by atoms with Crippen molar-refractivity contribution < 1.29 is 19.3 Å². The summed E-state index contributed by atoms with van der Waals surface area (Å²) in [5, 5.41) is 15.0. The number of nitrogens with zero attached hydrogens (tertiary/aromatic N) is 1. The van der Waals surface area contributed by atoms with Gasteiger partial charge in [0.15, 0.2) is 0 Å². The van der Waals surface area contributed by atoms with Crippen molar-refractivity contribution in [2.45, 2.75) is 24.9 Å². The molecule has 8 heteroatoms. The lowest BCUT2D eigenvalue weighted by Crippen LogP contribution is -2.50. The van der Waals surface area contributed by atoms with Crippen LogP contribution in [0.2, 0.25) is 0 Å². The van der Waals surface area contributed by atoms with E-state index in [9.17, 15) is 14.7 Å². The van der Waals surface area contributed by atoms with Gasteiger partial charge in [-0.15, -0.1) is 0 Å². The fourth-order valence-electron chi connectivity index (χ4n) is 2.27. The van der Waals surface area contributed by atoms with Crippen molar-refractivity contribution in [3.8, 4) is 0 Å². The van der Waals surface area contributed by atoms with E-state index in [0.717, 1.165) is 4.47 Å². The molecule has 0 saturated carbocycles. The second-order valence-electron chi connectivity index (χ2n) is 5.42. The summed E-state index contributed by atoms with van der Waals surface area (Å²) >= 11 is 3.24. The maximum atomic E-state index is 12.1. The number of aliphatic carboxylic acids is 1. The van der Waals surface area contributed by atoms with Crippen LogP contribution in [0.3, 0.4) is 0 Å².